The van der Waals surface area contributed by atoms with Gasteiger partial charge < -0.3 is 24.4 Å². The SMILES string of the molecule is CCNC(=NCCOc1cccc(Br)c1)N1CCOC(C2CCCO2)C1. The van der Waals surface area contributed by atoms with Crippen molar-refractivity contribution in [3.8, 4) is 5.75 Å². The van der Waals surface area contributed by atoms with Crippen molar-refractivity contribution in [2.24, 2.45) is 4.99 Å². The Bertz CT molecular complexity index is 593. The Morgan fingerprint density at radius 2 is 2.23 bits per heavy atom. The van der Waals surface area contributed by atoms with Crippen LogP contribution in [0.5, 0.6) is 5.75 Å². The van der Waals surface area contributed by atoms with Crippen LogP contribution in [0.2, 0.25) is 0 Å². The first kappa shape index (κ1) is 19.5. The topological polar surface area (TPSA) is 55.3 Å². The zero-order valence-corrected chi connectivity index (χ0v) is 16.9. The smallest absolute Gasteiger partial charge is 0.194 e. The average Bonchev–Trinajstić information content (AvgIpc) is 3.19. The molecule has 0 spiro atoms. The van der Waals surface area contributed by atoms with E-state index in [0.29, 0.717) is 19.8 Å². The minimum Gasteiger partial charge on any atom is -0.492 e. The highest BCUT2D eigenvalue weighted by Crippen LogP contribution is 2.21. The highest BCUT2D eigenvalue weighted by atomic mass is 79.9. The molecule has 2 saturated heterocycles. The van der Waals surface area contributed by atoms with E-state index in [-0.39, 0.29) is 12.2 Å². The molecule has 144 valence electrons. The third-order valence-corrected chi connectivity index (χ3v) is 5.02. The number of morpholine rings is 1. The number of guanidine groups is 1. The van der Waals surface area contributed by atoms with Gasteiger partial charge in [-0.1, -0.05) is 22.0 Å². The molecule has 0 saturated carbocycles. The van der Waals surface area contributed by atoms with E-state index in [4.69, 9.17) is 19.2 Å². The fourth-order valence-electron chi connectivity index (χ4n) is 3.29. The van der Waals surface area contributed by atoms with E-state index in [1.54, 1.807) is 0 Å². The molecule has 0 aliphatic carbocycles. The second-order valence-electron chi connectivity index (χ2n) is 6.45. The lowest BCUT2D eigenvalue weighted by Gasteiger charge is -2.37. The van der Waals surface area contributed by atoms with Gasteiger partial charge in [-0.3, -0.25) is 0 Å². The van der Waals surface area contributed by atoms with Crippen LogP contribution in [-0.4, -0.2) is 69.1 Å². The van der Waals surface area contributed by atoms with Gasteiger partial charge in [-0.25, -0.2) is 4.99 Å². The van der Waals surface area contributed by atoms with Gasteiger partial charge in [-0.05, 0) is 38.0 Å². The standard InChI is InChI=1S/C19H28BrN3O3/c1-2-21-19(22-8-11-24-16-6-3-5-15(20)13-16)23-9-12-26-18(14-23)17-7-4-10-25-17/h3,5-6,13,17-18H,2,4,7-12,14H2,1H3,(H,21,22). The summed E-state index contributed by atoms with van der Waals surface area (Å²) in [6.07, 6.45) is 2.58. The van der Waals surface area contributed by atoms with Gasteiger partial charge in [0, 0.05) is 30.7 Å². The number of halogens is 1. The molecule has 0 radical (unpaired) electrons. The highest BCUT2D eigenvalue weighted by molar-refractivity contribution is 9.10. The van der Waals surface area contributed by atoms with Crippen molar-refractivity contribution in [1.82, 2.24) is 10.2 Å². The molecule has 6 nitrogen and oxygen atoms in total. The largest absolute Gasteiger partial charge is 0.492 e. The van der Waals surface area contributed by atoms with Crippen LogP contribution in [0, 0.1) is 0 Å². The summed E-state index contributed by atoms with van der Waals surface area (Å²) in [5.41, 5.74) is 0. The second kappa shape index (κ2) is 10.1. The molecule has 2 unspecified atom stereocenters. The molecule has 1 N–H and O–H groups in total. The molecule has 2 aliphatic rings. The van der Waals surface area contributed by atoms with Gasteiger partial charge in [0.15, 0.2) is 5.96 Å². The normalized spacial score (nSPS) is 23.9. The molecule has 3 rings (SSSR count). The van der Waals surface area contributed by atoms with E-state index in [1.165, 1.54) is 0 Å². The van der Waals surface area contributed by atoms with Crippen molar-refractivity contribution in [3.05, 3.63) is 28.7 Å². The maximum atomic E-state index is 5.94. The Morgan fingerprint density at radius 3 is 3.00 bits per heavy atom. The van der Waals surface area contributed by atoms with E-state index < -0.39 is 0 Å². The van der Waals surface area contributed by atoms with Crippen molar-refractivity contribution < 1.29 is 14.2 Å². The van der Waals surface area contributed by atoms with E-state index in [9.17, 15) is 0 Å². The van der Waals surface area contributed by atoms with Crippen molar-refractivity contribution in [2.45, 2.75) is 32.0 Å². The summed E-state index contributed by atoms with van der Waals surface area (Å²) in [6.45, 7) is 7.32. The average molecular weight is 426 g/mol. The predicted molar refractivity (Wildman–Crippen MR) is 106 cm³/mol. The Labute approximate surface area is 164 Å². The first-order valence-corrected chi connectivity index (χ1v) is 10.2. The number of nitrogens with zero attached hydrogens (tertiary/aromatic N) is 2. The summed E-state index contributed by atoms with van der Waals surface area (Å²) in [7, 11) is 0. The van der Waals surface area contributed by atoms with Crippen molar-refractivity contribution in [2.75, 3.05) is 46.0 Å². The lowest BCUT2D eigenvalue weighted by molar-refractivity contribution is -0.0817. The Balaban J connectivity index is 1.52. The molecule has 1 aromatic rings. The minimum atomic E-state index is 0.132. The van der Waals surface area contributed by atoms with Gasteiger partial charge in [0.2, 0.25) is 0 Å². The Morgan fingerprint density at radius 1 is 1.35 bits per heavy atom. The number of rotatable bonds is 6. The van der Waals surface area contributed by atoms with E-state index >= 15 is 0 Å². The molecule has 0 aromatic heterocycles. The molecular weight excluding hydrogens is 398 g/mol. The Hall–Kier alpha value is -1.31. The number of nitrogens with one attached hydrogen (secondary N) is 1. The number of benzene rings is 1. The van der Waals surface area contributed by atoms with Gasteiger partial charge in [0.25, 0.3) is 0 Å². The number of hydrogen-bond donors (Lipinski definition) is 1. The van der Waals surface area contributed by atoms with Gasteiger partial charge in [0.1, 0.15) is 18.5 Å². The van der Waals surface area contributed by atoms with Crippen LogP contribution < -0.4 is 10.1 Å². The zero-order valence-electron chi connectivity index (χ0n) is 15.3. The van der Waals surface area contributed by atoms with E-state index in [0.717, 1.165) is 55.3 Å². The molecule has 2 atom stereocenters. The summed E-state index contributed by atoms with van der Waals surface area (Å²) in [4.78, 5) is 7.01. The lowest BCUT2D eigenvalue weighted by atomic mass is 10.1. The zero-order chi connectivity index (χ0) is 18.2. The molecule has 2 heterocycles. The maximum absolute atomic E-state index is 5.94. The van der Waals surface area contributed by atoms with E-state index in [1.807, 2.05) is 24.3 Å². The quantitative estimate of drug-likeness (QED) is 0.431. The van der Waals surface area contributed by atoms with E-state index in [2.05, 4.69) is 33.1 Å². The summed E-state index contributed by atoms with van der Waals surface area (Å²) in [5.74, 6) is 1.78. The van der Waals surface area contributed by atoms with Crippen molar-refractivity contribution in [3.63, 3.8) is 0 Å². The fraction of sp³-hybridized carbons (Fsp3) is 0.632. The summed E-state index contributed by atoms with van der Waals surface area (Å²) in [5, 5.41) is 3.39. The molecule has 2 fully saturated rings. The van der Waals surface area contributed by atoms with Crippen LogP contribution in [-0.2, 0) is 9.47 Å². The first-order chi connectivity index (χ1) is 12.8. The number of hydrogen-bond acceptors (Lipinski definition) is 4. The predicted octanol–water partition coefficient (Wildman–Crippen LogP) is 2.67. The van der Waals surface area contributed by atoms with Crippen LogP contribution in [0.15, 0.2) is 33.7 Å². The monoisotopic (exact) mass is 425 g/mol. The number of ether oxygens (including phenoxy) is 3. The summed E-state index contributed by atoms with van der Waals surface area (Å²) >= 11 is 3.45. The lowest BCUT2D eigenvalue weighted by Crippen LogP contribution is -2.53. The molecule has 2 aliphatic heterocycles. The van der Waals surface area contributed by atoms with Gasteiger partial charge in [-0.15, -0.1) is 0 Å². The van der Waals surface area contributed by atoms with Gasteiger partial charge >= 0.3 is 0 Å². The maximum Gasteiger partial charge on any atom is 0.194 e. The number of aliphatic imine (C=N–C) groups is 1. The minimum absolute atomic E-state index is 0.132. The van der Waals surface area contributed by atoms with Crippen LogP contribution in [0.3, 0.4) is 0 Å². The molecule has 7 heteroatoms. The fourth-order valence-corrected chi connectivity index (χ4v) is 3.66. The van der Waals surface area contributed by atoms with Gasteiger partial charge in [0.05, 0.1) is 19.3 Å². The second-order valence-corrected chi connectivity index (χ2v) is 7.36. The molecule has 0 amide bonds. The summed E-state index contributed by atoms with van der Waals surface area (Å²) in [6, 6.07) is 7.86. The first-order valence-electron chi connectivity index (χ1n) is 9.41. The van der Waals surface area contributed by atoms with Crippen LogP contribution in [0.25, 0.3) is 0 Å². The van der Waals surface area contributed by atoms with Crippen LogP contribution in [0.1, 0.15) is 19.8 Å². The molecule has 0 bridgehead atoms. The van der Waals surface area contributed by atoms with Crippen LogP contribution >= 0.6 is 15.9 Å². The van der Waals surface area contributed by atoms with Crippen molar-refractivity contribution in [1.29, 1.82) is 0 Å². The third-order valence-electron chi connectivity index (χ3n) is 4.53. The van der Waals surface area contributed by atoms with Crippen LogP contribution in [0.4, 0.5) is 0 Å². The molecule has 26 heavy (non-hydrogen) atoms. The third kappa shape index (κ3) is 5.59. The summed E-state index contributed by atoms with van der Waals surface area (Å²) < 4.78 is 18.5. The molecule has 1 aromatic carbocycles. The van der Waals surface area contributed by atoms with Gasteiger partial charge in [-0.2, -0.15) is 0 Å². The molecular formula is C19H28BrN3O3. The Kier molecular flexibility index (Phi) is 7.58. The van der Waals surface area contributed by atoms with Crippen molar-refractivity contribution >= 4 is 21.9 Å². The highest BCUT2D eigenvalue weighted by Gasteiger charge is 2.32.